The molecule has 0 saturated carbocycles. The average molecular weight is 553 g/mol. The summed E-state index contributed by atoms with van der Waals surface area (Å²) in [5.74, 6) is 0.603. The summed E-state index contributed by atoms with van der Waals surface area (Å²) in [5.41, 5.74) is 1.92. The molecule has 0 fully saturated rings. The van der Waals surface area contributed by atoms with Crippen molar-refractivity contribution in [3.8, 4) is 11.5 Å². The maximum absolute atomic E-state index is 14.0. The van der Waals surface area contributed by atoms with Crippen molar-refractivity contribution in [1.82, 2.24) is 4.57 Å². The van der Waals surface area contributed by atoms with Gasteiger partial charge in [0, 0.05) is 16.1 Å². The van der Waals surface area contributed by atoms with Gasteiger partial charge in [-0.2, -0.15) is 0 Å². The van der Waals surface area contributed by atoms with Gasteiger partial charge in [0.2, 0.25) is 0 Å². The Morgan fingerprint density at radius 2 is 2.00 bits per heavy atom. The summed E-state index contributed by atoms with van der Waals surface area (Å²) >= 11 is 7.65. The van der Waals surface area contributed by atoms with Crippen molar-refractivity contribution >= 4 is 35.0 Å². The van der Waals surface area contributed by atoms with Crippen LogP contribution in [0.4, 0.5) is 0 Å². The van der Waals surface area contributed by atoms with Crippen LogP contribution in [0.2, 0.25) is 5.02 Å². The second-order valence-corrected chi connectivity index (χ2v) is 9.88. The lowest BCUT2D eigenvalue weighted by Crippen LogP contribution is -2.40. The number of thiazole rings is 1. The third-order valence-electron chi connectivity index (χ3n) is 5.94. The van der Waals surface area contributed by atoms with Gasteiger partial charge in [-0.3, -0.25) is 9.36 Å². The third-order valence-corrected chi connectivity index (χ3v) is 7.16. The van der Waals surface area contributed by atoms with E-state index in [-0.39, 0.29) is 12.2 Å². The molecule has 7 nitrogen and oxygen atoms in total. The summed E-state index contributed by atoms with van der Waals surface area (Å²) in [6, 6.07) is 11.8. The fourth-order valence-electron chi connectivity index (χ4n) is 4.36. The highest BCUT2D eigenvalue weighted by molar-refractivity contribution is 7.07. The van der Waals surface area contributed by atoms with E-state index in [0.29, 0.717) is 55.7 Å². The van der Waals surface area contributed by atoms with Gasteiger partial charge in [0.25, 0.3) is 5.56 Å². The number of ether oxygens (including phenoxy) is 3. The number of allylic oxidation sites excluding steroid dienone is 1. The molecule has 0 spiro atoms. The zero-order valence-electron chi connectivity index (χ0n) is 21.5. The number of fused-ring (bicyclic) bond motifs is 1. The molecule has 9 heteroatoms. The summed E-state index contributed by atoms with van der Waals surface area (Å²) in [6.45, 7) is 7.98. The van der Waals surface area contributed by atoms with Gasteiger partial charge >= 0.3 is 5.97 Å². The number of benzene rings is 2. The topological polar surface area (TPSA) is 79.1 Å². The summed E-state index contributed by atoms with van der Waals surface area (Å²) < 4.78 is 18.8. The molecule has 1 aromatic heterocycles. The smallest absolute Gasteiger partial charge is 0.338 e. The van der Waals surface area contributed by atoms with E-state index < -0.39 is 12.0 Å². The van der Waals surface area contributed by atoms with Gasteiger partial charge in [0.05, 0.1) is 29.5 Å². The zero-order chi connectivity index (χ0) is 27.2. The lowest BCUT2D eigenvalue weighted by Gasteiger charge is -2.27. The van der Waals surface area contributed by atoms with Crippen molar-refractivity contribution < 1.29 is 19.0 Å². The van der Waals surface area contributed by atoms with Crippen LogP contribution in [0.25, 0.3) is 6.08 Å². The first kappa shape index (κ1) is 27.4. The Morgan fingerprint density at radius 3 is 2.71 bits per heavy atom. The monoisotopic (exact) mass is 552 g/mol. The van der Waals surface area contributed by atoms with E-state index in [2.05, 4.69) is 6.58 Å². The maximum Gasteiger partial charge on any atom is 0.338 e. The summed E-state index contributed by atoms with van der Waals surface area (Å²) in [4.78, 5) is 32.6. The van der Waals surface area contributed by atoms with Crippen LogP contribution >= 0.6 is 22.9 Å². The van der Waals surface area contributed by atoms with Crippen LogP contribution in [0, 0.1) is 0 Å². The second-order valence-electron chi connectivity index (χ2n) is 8.44. The van der Waals surface area contributed by atoms with Gasteiger partial charge in [-0.1, -0.05) is 67.1 Å². The van der Waals surface area contributed by atoms with Crippen molar-refractivity contribution in [2.45, 2.75) is 32.7 Å². The number of carbonyl (C=O) groups is 1. The summed E-state index contributed by atoms with van der Waals surface area (Å²) in [7, 11) is 1.54. The Labute approximate surface area is 230 Å². The van der Waals surface area contributed by atoms with Crippen molar-refractivity contribution in [3.63, 3.8) is 0 Å². The number of para-hydroxylation sites is 1. The van der Waals surface area contributed by atoms with Crippen molar-refractivity contribution in [2.24, 2.45) is 4.99 Å². The van der Waals surface area contributed by atoms with Gasteiger partial charge in [-0.05, 0) is 43.7 Å². The predicted molar refractivity (Wildman–Crippen MR) is 150 cm³/mol. The lowest BCUT2D eigenvalue weighted by molar-refractivity contribution is -0.139. The average Bonchev–Trinajstić information content (AvgIpc) is 3.22. The zero-order valence-corrected chi connectivity index (χ0v) is 23.1. The molecule has 198 valence electrons. The van der Waals surface area contributed by atoms with Gasteiger partial charge in [-0.25, -0.2) is 9.79 Å². The molecule has 1 aliphatic rings. The van der Waals surface area contributed by atoms with E-state index in [1.54, 1.807) is 37.3 Å². The lowest BCUT2D eigenvalue weighted by atomic mass is 9.93. The van der Waals surface area contributed by atoms with Gasteiger partial charge in [0.1, 0.15) is 24.1 Å². The van der Waals surface area contributed by atoms with Crippen LogP contribution < -0.4 is 24.4 Å². The molecule has 4 rings (SSSR count). The first-order valence-corrected chi connectivity index (χ1v) is 13.5. The van der Waals surface area contributed by atoms with Gasteiger partial charge in [0.15, 0.2) is 4.80 Å². The van der Waals surface area contributed by atoms with E-state index >= 15 is 0 Å². The first-order chi connectivity index (χ1) is 18.4. The molecule has 0 saturated heterocycles. The van der Waals surface area contributed by atoms with Crippen LogP contribution in [0.5, 0.6) is 11.5 Å². The molecule has 0 unspecified atom stereocenters. The highest BCUT2D eigenvalue weighted by atomic mass is 35.5. The molecule has 2 heterocycles. The normalized spacial score (nSPS) is 15.1. The number of methoxy groups -OCH3 is 1. The molecule has 3 aromatic rings. The fourth-order valence-corrected chi connectivity index (χ4v) is 5.55. The molecule has 0 radical (unpaired) electrons. The van der Waals surface area contributed by atoms with E-state index in [0.717, 1.165) is 12.0 Å². The Balaban J connectivity index is 2.02. The number of rotatable bonds is 10. The van der Waals surface area contributed by atoms with Crippen LogP contribution in [-0.4, -0.2) is 30.9 Å². The number of nitrogens with zero attached hydrogens (tertiary/aromatic N) is 2. The minimum atomic E-state index is -0.824. The Bertz CT molecular complexity index is 1570. The molecule has 0 aliphatic carbocycles. The van der Waals surface area contributed by atoms with Crippen LogP contribution in [-0.2, 0) is 9.53 Å². The Hall–Kier alpha value is -3.62. The molecular formula is C29H29ClN2O5S. The van der Waals surface area contributed by atoms with Crippen LogP contribution in [0.1, 0.15) is 43.9 Å². The summed E-state index contributed by atoms with van der Waals surface area (Å²) in [5, 5.41) is 0.452. The van der Waals surface area contributed by atoms with Crippen LogP contribution in [0.15, 0.2) is 76.2 Å². The second kappa shape index (κ2) is 12.3. The van der Waals surface area contributed by atoms with E-state index in [4.69, 9.17) is 30.8 Å². The molecule has 38 heavy (non-hydrogen) atoms. The van der Waals surface area contributed by atoms with Crippen LogP contribution in [0.3, 0.4) is 0 Å². The SMILES string of the molecule is C=CCOc1ccccc1/C=c1/sc2n(c1=O)[C@@H](c1cc(Cl)ccc1OC)C(C(=O)OCC)=C(CCC)N=2. The Morgan fingerprint density at radius 1 is 1.21 bits per heavy atom. The van der Waals surface area contributed by atoms with Gasteiger partial charge < -0.3 is 14.2 Å². The number of hydrogen-bond donors (Lipinski definition) is 0. The number of aromatic nitrogens is 1. The standard InChI is InChI=1S/C29H29ClN2O5S/c1-5-10-21-25(28(34)36-7-3)26(20-17-19(30)13-14-23(20)35-4)32-27(33)24(38-29(32)31-21)16-18-11-8-9-12-22(18)37-15-6-2/h6,8-9,11-14,16-17,26H,2,5,7,10,15H2,1,3-4H3/b24-16+/t26-/m0/s1. The quantitative estimate of drug-likeness (QED) is 0.266. The largest absolute Gasteiger partial charge is 0.496 e. The van der Waals surface area contributed by atoms with E-state index in [1.165, 1.54) is 23.0 Å². The van der Waals surface area contributed by atoms with Gasteiger partial charge in [-0.15, -0.1) is 0 Å². The van der Waals surface area contributed by atoms with Crippen molar-refractivity contribution in [2.75, 3.05) is 20.3 Å². The fraction of sp³-hybridized carbons (Fsp3) is 0.276. The number of esters is 1. The van der Waals surface area contributed by atoms with Crippen molar-refractivity contribution in [1.29, 1.82) is 0 Å². The predicted octanol–water partition coefficient (Wildman–Crippen LogP) is 4.81. The Kier molecular flexibility index (Phi) is 8.86. The molecule has 0 N–H and O–H groups in total. The highest BCUT2D eigenvalue weighted by Crippen LogP contribution is 2.38. The highest BCUT2D eigenvalue weighted by Gasteiger charge is 2.36. The van der Waals surface area contributed by atoms with E-state index in [9.17, 15) is 9.59 Å². The maximum atomic E-state index is 14.0. The molecule has 0 amide bonds. The first-order valence-electron chi connectivity index (χ1n) is 12.3. The number of halogens is 1. The molecule has 0 bridgehead atoms. The van der Waals surface area contributed by atoms with E-state index in [1.807, 2.05) is 31.2 Å². The molecular weight excluding hydrogens is 524 g/mol. The van der Waals surface area contributed by atoms with Crippen molar-refractivity contribution in [3.05, 3.63) is 102 Å². The summed E-state index contributed by atoms with van der Waals surface area (Å²) in [6.07, 6.45) is 4.73. The third kappa shape index (κ3) is 5.47. The minimum Gasteiger partial charge on any atom is -0.496 e. The molecule has 1 atom stereocenters. The minimum absolute atomic E-state index is 0.188. The number of carbonyl (C=O) groups excluding carboxylic acids is 1. The number of hydrogen-bond acceptors (Lipinski definition) is 7. The molecule has 1 aliphatic heterocycles. The molecule has 2 aromatic carbocycles.